The minimum Gasteiger partial charge on any atom is -0.484 e. The first-order valence-corrected chi connectivity index (χ1v) is 9.50. The molecule has 2 saturated heterocycles. The highest BCUT2D eigenvalue weighted by atomic mass is 35.5. The van der Waals surface area contributed by atoms with Gasteiger partial charge < -0.3 is 14.8 Å². The molecule has 3 aliphatic rings. The van der Waals surface area contributed by atoms with Crippen molar-refractivity contribution in [3.05, 3.63) is 28.8 Å². The largest absolute Gasteiger partial charge is 0.484 e. The summed E-state index contributed by atoms with van der Waals surface area (Å²) >= 11 is 5.94. The standard InChI is InChI=1S/C19H25ClN2O3/c1-12-6-14(20)4-5-17(12)25-11-19(23)21-15-7-16-10-24-18(13-2-3-13)9-22(16)8-15/h4-6,13,15-16,18H,2-3,7-11H2,1H3,(H,21,23)/t15-,16+,18-/m1/s1. The topological polar surface area (TPSA) is 50.8 Å². The molecule has 1 aliphatic carbocycles. The number of benzene rings is 1. The summed E-state index contributed by atoms with van der Waals surface area (Å²) in [5, 5.41) is 3.78. The van der Waals surface area contributed by atoms with Gasteiger partial charge in [0.2, 0.25) is 0 Å². The maximum atomic E-state index is 12.2. The molecule has 1 amide bonds. The highest BCUT2D eigenvalue weighted by Gasteiger charge is 2.42. The number of fused-ring (bicyclic) bond motifs is 1. The van der Waals surface area contributed by atoms with Crippen LogP contribution < -0.4 is 10.1 Å². The van der Waals surface area contributed by atoms with E-state index in [9.17, 15) is 4.79 Å². The van der Waals surface area contributed by atoms with Crippen LogP contribution >= 0.6 is 11.6 Å². The summed E-state index contributed by atoms with van der Waals surface area (Å²) in [6.07, 6.45) is 3.99. The molecular weight excluding hydrogens is 340 g/mol. The van der Waals surface area contributed by atoms with Crippen LogP contribution in [-0.4, -0.2) is 55.3 Å². The Bertz CT molecular complexity index is 650. The highest BCUT2D eigenvalue weighted by molar-refractivity contribution is 6.30. The monoisotopic (exact) mass is 364 g/mol. The quantitative estimate of drug-likeness (QED) is 0.871. The molecule has 1 aromatic rings. The Morgan fingerprint density at radius 3 is 3.00 bits per heavy atom. The second kappa shape index (κ2) is 7.14. The first kappa shape index (κ1) is 17.1. The molecule has 2 heterocycles. The molecule has 1 aromatic carbocycles. The van der Waals surface area contributed by atoms with E-state index in [0.29, 0.717) is 22.9 Å². The van der Waals surface area contributed by atoms with Gasteiger partial charge in [0.05, 0.1) is 12.7 Å². The van der Waals surface area contributed by atoms with Crippen LogP contribution in [0.15, 0.2) is 18.2 Å². The number of amides is 1. The third-order valence-electron chi connectivity index (χ3n) is 5.45. The number of nitrogens with zero attached hydrogens (tertiary/aromatic N) is 1. The van der Waals surface area contributed by atoms with Gasteiger partial charge in [-0.25, -0.2) is 0 Å². The number of ether oxygens (including phenoxy) is 2. The summed E-state index contributed by atoms with van der Waals surface area (Å²) in [5.74, 6) is 1.40. The van der Waals surface area contributed by atoms with Gasteiger partial charge in [0.25, 0.3) is 5.91 Å². The molecule has 0 unspecified atom stereocenters. The molecule has 0 spiro atoms. The Morgan fingerprint density at radius 2 is 2.24 bits per heavy atom. The van der Waals surface area contributed by atoms with E-state index >= 15 is 0 Å². The van der Waals surface area contributed by atoms with Gasteiger partial charge in [-0.1, -0.05) is 11.6 Å². The predicted octanol–water partition coefficient (Wildman–Crippen LogP) is 2.40. The van der Waals surface area contributed by atoms with Gasteiger partial charge in [-0.05, 0) is 55.9 Å². The van der Waals surface area contributed by atoms with Gasteiger partial charge in [0.1, 0.15) is 5.75 Å². The van der Waals surface area contributed by atoms with Gasteiger partial charge in [-0.15, -0.1) is 0 Å². The van der Waals surface area contributed by atoms with Gasteiger partial charge in [-0.2, -0.15) is 0 Å². The number of morpholine rings is 1. The van der Waals surface area contributed by atoms with Crippen molar-refractivity contribution in [2.24, 2.45) is 5.92 Å². The Hall–Kier alpha value is -1.30. The minimum atomic E-state index is -0.0705. The number of aryl methyl sites for hydroxylation is 1. The van der Waals surface area contributed by atoms with Crippen molar-refractivity contribution in [2.45, 2.75) is 44.4 Å². The van der Waals surface area contributed by atoms with E-state index in [0.717, 1.165) is 37.6 Å². The van der Waals surface area contributed by atoms with E-state index in [4.69, 9.17) is 21.1 Å². The molecule has 2 aliphatic heterocycles. The second-order valence-corrected chi connectivity index (χ2v) is 7.95. The zero-order chi connectivity index (χ0) is 17.4. The Kier molecular flexibility index (Phi) is 4.89. The summed E-state index contributed by atoms with van der Waals surface area (Å²) in [4.78, 5) is 14.7. The van der Waals surface area contributed by atoms with Crippen molar-refractivity contribution < 1.29 is 14.3 Å². The normalized spacial score (nSPS) is 29.3. The Morgan fingerprint density at radius 1 is 1.40 bits per heavy atom. The number of hydrogen-bond donors (Lipinski definition) is 1. The van der Waals surface area contributed by atoms with E-state index in [1.807, 2.05) is 13.0 Å². The fraction of sp³-hybridized carbons (Fsp3) is 0.632. The van der Waals surface area contributed by atoms with Crippen molar-refractivity contribution in [2.75, 3.05) is 26.3 Å². The molecule has 3 atom stereocenters. The van der Waals surface area contributed by atoms with Crippen molar-refractivity contribution in [1.29, 1.82) is 0 Å². The maximum absolute atomic E-state index is 12.2. The van der Waals surface area contributed by atoms with Crippen molar-refractivity contribution in [3.63, 3.8) is 0 Å². The zero-order valence-electron chi connectivity index (χ0n) is 14.5. The third-order valence-corrected chi connectivity index (χ3v) is 5.69. The zero-order valence-corrected chi connectivity index (χ0v) is 15.3. The summed E-state index contributed by atoms with van der Waals surface area (Å²) in [6.45, 7) is 4.69. The van der Waals surface area contributed by atoms with Crippen LogP contribution in [0.2, 0.25) is 5.02 Å². The fourth-order valence-electron chi connectivity index (χ4n) is 3.94. The van der Waals surface area contributed by atoms with Crippen LogP contribution in [0, 0.1) is 12.8 Å². The molecule has 3 fully saturated rings. The lowest BCUT2D eigenvalue weighted by atomic mass is 10.1. The molecule has 6 heteroatoms. The van der Waals surface area contributed by atoms with Crippen molar-refractivity contribution in [1.82, 2.24) is 10.2 Å². The fourth-order valence-corrected chi connectivity index (χ4v) is 4.17. The van der Waals surface area contributed by atoms with Gasteiger partial charge >= 0.3 is 0 Å². The number of rotatable bonds is 5. The lowest BCUT2D eigenvalue weighted by molar-refractivity contribution is -0.123. The number of carbonyl (C=O) groups is 1. The Balaban J connectivity index is 1.24. The van der Waals surface area contributed by atoms with Gasteiger partial charge in [-0.3, -0.25) is 9.69 Å². The van der Waals surface area contributed by atoms with Gasteiger partial charge in [0.15, 0.2) is 6.61 Å². The van der Waals surface area contributed by atoms with Crippen molar-refractivity contribution in [3.8, 4) is 5.75 Å². The number of hydrogen-bond acceptors (Lipinski definition) is 4. The van der Waals surface area contributed by atoms with E-state index in [2.05, 4.69) is 10.2 Å². The summed E-state index contributed by atoms with van der Waals surface area (Å²) < 4.78 is 11.6. The van der Waals surface area contributed by atoms with Crippen LogP contribution in [0.3, 0.4) is 0 Å². The molecule has 5 nitrogen and oxygen atoms in total. The molecule has 4 rings (SSSR count). The third kappa shape index (κ3) is 4.10. The molecule has 1 saturated carbocycles. The highest BCUT2D eigenvalue weighted by Crippen LogP contribution is 2.37. The van der Waals surface area contributed by atoms with E-state index in [1.165, 1.54) is 12.8 Å². The second-order valence-electron chi connectivity index (χ2n) is 7.52. The average molecular weight is 365 g/mol. The molecule has 136 valence electrons. The summed E-state index contributed by atoms with van der Waals surface area (Å²) in [7, 11) is 0. The van der Waals surface area contributed by atoms with Crippen molar-refractivity contribution >= 4 is 17.5 Å². The number of halogens is 1. The molecule has 25 heavy (non-hydrogen) atoms. The number of nitrogens with one attached hydrogen (secondary N) is 1. The van der Waals surface area contributed by atoms with Crippen LogP contribution in [0.1, 0.15) is 24.8 Å². The Labute approximate surface area is 153 Å². The van der Waals surface area contributed by atoms with Crippen LogP contribution in [-0.2, 0) is 9.53 Å². The first-order valence-electron chi connectivity index (χ1n) is 9.12. The average Bonchev–Trinajstić information content (AvgIpc) is 3.34. The van der Waals surface area contributed by atoms with Crippen LogP contribution in [0.4, 0.5) is 0 Å². The van der Waals surface area contributed by atoms with E-state index < -0.39 is 0 Å². The lowest BCUT2D eigenvalue weighted by Crippen LogP contribution is -2.47. The smallest absolute Gasteiger partial charge is 0.258 e. The molecular formula is C19H25ClN2O3. The van der Waals surface area contributed by atoms with E-state index in [1.54, 1.807) is 12.1 Å². The molecule has 0 radical (unpaired) electrons. The van der Waals surface area contributed by atoms with Crippen LogP contribution in [0.5, 0.6) is 5.75 Å². The molecule has 0 aromatic heterocycles. The summed E-state index contributed by atoms with van der Waals surface area (Å²) in [6, 6.07) is 6.04. The number of carbonyl (C=O) groups excluding carboxylic acids is 1. The minimum absolute atomic E-state index is 0.0326. The lowest BCUT2D eigenvalue weighted by Gasteiger charge is -2.35. The molecule has 1 N–H and O–H groups in total. The van der Waals surface area contributed by atoms with Crippen LogP contribution in [0.25, 0.3) is 0 Å². The van der Waals surface area contributed by atoms with Gasteiger partial charge in [0, 0.05) is 30.2 Å². The van der Waals surface area contributed by atoms with E-state index in [-0.39, 0.29) is 18.6 Å². The maximum Gasteiger partial charge on any atom is 0.258 e. The first-order chi connectivity index (χ1) is 12.1. The summed E-state index contributed by atoms with van der Waals surface area (Å²) in [5.41, 5.74) is 0.932. The predicted molar refractivity (Wildman–Crippen MR) is 96.1 cm³/mol. The molecule has 0 bridgehead atoms. The SMILES string of the molecule is Cc1cc(Cl)ccc1OCC(=O)N[C@@H]1C[C@H]2CO[C@@H](C3CC3)CN2C1.